The van der Waals surface area contributed by atoms with Crippen LogP contribution in [0.5, 0.6) is 11.5 Å². The first-order chi connectivity index (χ1) is 15.0. The molecule has 5 nitrogen and oxygen atoms in total. The summed E-state index contributed by atoms with van der Waals surface area (Å²) in [6.07, 6.45) is 6.61. The summed E-state index contributed by atoms with van der Waals surface area (Å²) in [5, 5.41) is 1.50. The third-order valence-electron chi connectivity index (χ3n) is 4.38. The lowest BCUT2D eigenvalue weighted by Crippen LogP contribution is -2.03. The minimum atomic E-state index is -0.426. The van der Waals surface area contributed by atoms with Crippen molar-refractivity contribution in [1.82, 2.24) is 0 Å². The van der Waals surface area contributed by atoms with Crippen LogP contribution in [0.3, 0.4) is 0 Å². The lowest BCUT2D eigenvalue weighted by atomic mass is 10.1. The molecule has 0 saturated carbocycles. The molecule has 0 amide bonds. The normalized spacial score (nSPS) is 11.0. The first kappa shape index (κ1) is 22.5. The molecular formula is C25H25ClO5. The summed E-state index contributed by atoms with van der Waals surface area (Å²) in [6, 6.07) is 11.1. The van der Waals surface area contributed by atoms with E-state index in [9.17, 15) is 4.79 Å². The fourth-order valence-corrected chi connectivity index (χ4v) is 2.99. The summed E-state index contributed by atoms with van der Waals surface area (Å²) >= 11 is 5.98. The predicted octanol–water partition coefficient (Wildman–Crippen LogP) is 6.59. The third kappa shape index (κ3) is 6.15. The van der Waals surface area contributed by atoms with Gasteiger partial charge in [0.15, 0.2) is 11.3 Å². The Kier molecular flexibility index (Phi) is 7.79. The number of esters is 1. The SMILES string of the molecule is CCOC(=O)/C=C/c1cc2ccoc2c(OCC=C(C)C)c1OCc1ccc(Cl)cc1. The number of carbonyl (C=O) groups is 1. The molecule has 3 aromatic rings. The maximum Gasteiger partial charge on any atom is 0.330 e. The Balaban J connectivity index is 2.01. The Morgan fingerprint density at radius 2 is 1.87 bits per heavy atom. The fourth-order valence-electron chi connectivity index (χ4n) is 2.86. The highest BCUT2D eigenvalue weighted by molar-refractivity contribution is 6.30. The predicted molar refractivity (Wildman–Crippen MR) is 123 cm³/mol. The lowest BCUT2D eigenvalue weighted by molar-refractivity contribution is -0.137. The molecule has 0 radical (unpaired) electrons. The molecule has 0 spiro atoms. The highest BCUT2D eigenvalue weighted by Crippen LogP contribution is 2.41. The Morgan fingerprint density at radius 3 is 2.58 bits per heavy atom. The van der Waals surface area contributed by atoms with E-state index < -0.39 is 5.97 Å². The van der Waals surface area contributed by atoms with E-state index in [1.165, 1.54) is 6.08 Å². The molecule has 3 rings (SSSR count). The second-order valence-corrected chi connectivity index (χ2v) is 7.49. The largest absolute Gasteiger partial charge is 0.484 e. The highest BCUT2D eigenvalue weighted by atomic mass is 35.5. The molecule has 1 heterocycles. The van der Waals surface area contributed by atoms with E-state index in [0.717, 1.165) is 16.5 Å². The van der Waals surface area contributed by atoms with Gasteiger partial charge in [-0.05, 0) is 62.8 Å². The quantitative estimate of drug-likeness (QED) is 0.213. The van der Waals surface area contributed by atoms with Gasteiger partial charge < -0.3 is 18.6 Å². The molecule has 6 heteroatoms. The average Bonchev–Trinajstić information content (AvgIpc) is 3.21. The summed E-state index contributed by atoms with van der Waals surface area (Å²) in [4.78, 5) is 11.9. The van der Waals surface area contributed by atoms with Crippen molar-refractivity contribution in [1.29, 1.82) is 0 Å². The van der Waals surface area contributed by atoms with Gasteiger partial charge >= 0.3 is 5.97 Å². The van der Waals surface area contributed by atoms with Crippen molar-refractivity contribution >= 4 is 34.6 Å². The number of benzene rings is 2. The molecule has 0 atom stereocenters. The Bertz CT molecular complexity index is 1090. The van der Waals surface area contributed by atoms with Crippen molar-refractivity contribution in [3.8, 4) is 11.5 Å². The van der Waals surface area contributed by atoms with Crippen LogP contribution < -0.4 is 9.47 Å². The number of allylic oxidation sites excluding steroid dienone is 1. The maximum absolute atomic E-state index is 11.9. The van der Waals surface area contributed by atoms with Crippen molar-refractivity contribution in [3.63, 3.8) is 0 Å². The van der Waals surface area contributed by atoms with Crippen molar-refractivity contribution in [2.45, 2.75) is 27.4 Å². The van der Waals surface area contributed by atoms with E-state index in [1.54, 1.807) is 19.3 Å². The van der Waals surface area contributed by atoms with Crippen LogP contribution in [0.15, 0.2) is 64.8 Å². The van der Waals surface area contributed by atoms with Crippen LogP contribution in [0.2, 0.25) is 5.02 Å². The number of hydrogen-bond donors (Lipinski definition) is 0. The third-order valence-corrected chi connectivity index (χ3v) is 4.63. The van der Waals surface area contributed by atoms with E-state index in [1.807, 2.05) is 56.3 Å². The number of carbonyl (C=O) groups excluding carboxylic acids is 1. The minimum Gasteiger partial charge on any atom is -0.484 e. The molecule has 162 valence electrons. The molecule has 2 aromatic carbocycles. The van der Waals surface area contributed by atoms with Gasteiger partial charge in [-0.2, -0.15) is 0 Å². The maximum atomic E-state index is 11.9. The first-order valence-electron chi connectivity index (χ1n) is 10.0. The zero-order valence-electron chi connectivity index (χ0n) is 17.8. The summed E-state index contributed by atoms with van der Waals surface area (Å²) in [5.41, 5.74) is 3.35. The van der Waals surface area contributed by atoms with Gasteiger partial charge in [-0.1, -0.05) is 29.3 Å². The van der Waals surface area contributed by atoms with Gasteiger partial charge in [0, 0.05) is 22.0 Å². The summed E-state index contributed by atoms with van der Waals surface area (Å²) in [7, 11) is 0. The summed E-state index contributed by atoms with van der Waals surface area (Å²) in [6.45, 7) is 6.73. The molecule has 0 aliphatic rings. The Labute approximate surface area is 186 Å². The minimum absolute atomic E-state index is 0.294. The van der Waals surface area contributed by atoms with Gasteiger partial charge in [-0.25, -0.2) is 4.79 Å². The highest BCUT2D eigenvalue weighted by Gasteiger charge is 2.18. The van der Waals surface area contributed by atoms with Gasteiger partial charge in [-0.3, -0.25) is 0 Å². The van der Waals surface area contributed by atoms with Crippen LogP contribution >= 0.6 is 11.6 Å². The van der Waals surface area contributed by atoms with Crippen LogP contribution in [0, 0.1) is 0 Å². The van der Waals surface area contributed by atoms with Crippen LogP contribution in [0.25, 0.3) is 17.0 Å². The molecule has 0 fully saturated rings. The second kappa shape index (κ2) is 10.7. The zero-order chi connectivity index (χ0) is 22.2. The van der Waals surface area contributed by atoms with Gasteiger partial charge in [0.05, 0.1) is 12.9 Å². The fraction of sp³-hybridized carbons (Fsp3) is 0.240. The van der Waals surface area contributed by atoms with Crippen LogP contribution in [-0.4, -0.2) is 19.2 Å². The molecule has 1 aromatic heterocycles. The molecular weight excluding hydrogens is 416 g/mol. The summed E-state index contributed by atoms with van der Waals surface area (Å²) in [5.74, 6) is 0.544. The molecule has 31 heavy (non-hydrogen) atoms. The molecule has 0 saturated heterocycles. The van der Waals surface area contributed by atoms with Crippen molar-refractivity contribution in [2.24, 2.45) is 0 Å². The zero-order valence-corrected chi connectivity index (χ0v) is 18.6. The average molecular weight is 441 g/mol. The van der Waals surface area contributed by atoms with Crippen molar-refractivity contribution < 1.29 is 23.4 Å². The number of ether oxygens (including phenoxy) is 3. The van der Waals surface area contributed by atoms with E-state index in [2.05, 4.69) is 0 Å². The molecule has 0 aliphatic heterocycles. The van der Waals surface area contributed by atoms with E-state index >= 15 is 0 Å². The second-order valence-electron chi connectivity index (χ2n) is 7.06. The number of rotatable bonds is 9. The van der Waals surface area contributed by atoms with Gasteiger partial charge in [0.2, 0.25) is 5.75 Å². The van der Waals surface area contributed by atoms with E-state index in [0.29, 0.717) is 47.5 Å². The van der Waals surface area contributed by atoms with Crippen LogP contribution in [-0.2, 0) is 16.1 Å². The standard InChI is InChI=1S/C25H25ClO5/c1-4-28-22(27)10-7-19-15-20-12-14-29-23(20)25(30-13-11-17(2)3)24(19)31-16-18-5-8-21(26)9-6-18/h5-12,14-15H,4,13,16H2,1-3H3/b10-7+. The molecule has 0 N–H and O–H groups in total. The van der Waals surface area contributed by atoms with Crippen molar-refractivity contribution in [3.05, 3.63) is 76.5 Å². The van der Waals surface area contributed by atoms with E-state index in [-0.39, 0.29) is 0 Å². The smallest absolute Gasteiger partial charge is 0.330 e. The number of furan rings is 1. The lowest BCUT2D eigenvalue weighted by Gasteiger charge is -2.15. The number of hydrogen-bond acceptors (Lipinski definition) is 5. The molecule has 0 aliphatic carbocycles. The van der Waals surface area contributed by atoms with Gasteiger partial charge in [0.25, 0.3) is 0 Å². The molecule has 0 bridgehead atoms. The Hall–Kier alpha value is -3.18. The number of fused-ring (bicyclic) bond motifs is 1. The van der Waals surface area contributed by atoms with Crippen LogP contribution in [0.4, 0.5) is 0 Å². The Morgan fingerprint density at radius 1 is 1.10 bits per heavy atom. The first-order valence-corrected chi connectivity index (χ1v) is 10.4. The van der Waals surface area contributed by atoms with Gasteiger partial charge in [-0.15, -0.1) is 0 Å². The van der Waals surface area contributed by atoms with Crippen LogP contribution in [0.1, 0.15) is 31.9 Å². The van der Waals surface area contributed by atoms with Crippen molar-refractivity contribution in [2.75, 3.05) is 13.2 Å². The molecule has 0 unspecified atom stereocenters. The summed E-state index contributed by atoms with van der Waals surface area (Å²) < 4.78 is 22.9. The number of halogens is 1. The van der Waals surface area contributed by atoms with Gasteiger partial charge in [0.1, 0.15) is 13.2 Å². The monoisotopic (exact) mass is 440 g/mol. The topological polar surface area (TPSA) is 57.9 Å². The van der Waals surface area contributed by atoms with E-state index in [4.69, 9.17) is 30.2 Å².